The second-order valence-corrected chi connectivity index (χ2v) is 8.87. The van der Waals surface area contributed by atoms with Crippen LogP contribution in [-0.4, -0.2) is 26.3 Å². The largest absolute Gasteiger partial charge is 0.384 e. The number of anilines is 1. The molecule has 3 rings (SSSR count). The molecule has 0 aliphatic heterocycles. The van der Waals surface area contributed by atoms with Gasteiger partial charge in [0.1, 0.15) is 5.84 Å². The molecule has 0 saturated heterocycles. The highest BCUT2D eigenvalue weighted by atomic mass is 32.2. The normalized spacial score (nSPS) is 13.2. The van der Waals surface area contributed by atoms with Crippen molar-refractivity contribution in [2.24, 2.45) is 10.9 Å². The minimum Gasteiger partial charge on any atom is -0.384 e. The zero-order chi connectivity index (χ0) is 23.5. The minimum atomic E-state index is -3.91. The lowest BCUT2D eigenvalue weighted by Gasteiger charge is -2.18. The molecule has 0 aliphatic carbocycles. The van der Waals surface area contributed by atoms with Crippen LogP contribution in [0.4, 0.5) is 10.1 Å². The van der Waals surface area contributed by atoms with Crippen molar-refractivity contribution in [3.05, 3.63) is 83.9 Å². The van der Waals surface area contributed by atoms with Crippen molar-refractivity contribution in [2.75, 3.05) is 5.32 Å². The summed E-state index contributed by atoms with van der Waals surface area (Å²) in [6.45, 7) is 1.58. The summed E-state index contributed by atoms with van der Waals surface area (Å²) in [5.41, 5.74) is 7.85. The Balaban J connectivity index is 1.75. The maximum Gasteiger partial charge on any atom is 0.259 e. The van der Waals surface area contributed by atoms with E-state index in [1.54, 1.807) is 73.7 Å². The molecule has 0 fully saturated rings. The Labute approximate surface area is 185 Å². The number of carbonyl (C=O) groups is 1. The fourth-order valence-electron chi connectivity index (χ4n) is 3.28. The molecule has 0 aromatic heterocycles. The molecule has 2 unspecified atom stereocenters. The van der Waals surface area contributed by atoms with Gasteiger partial charge in [-0.3, -0.25) is 10.2 Å². The third-order valence-corrected chi connectivity index (χ3v) is 6.04. The number of hydrogen-bond acceptors (Lipinski definition) is 4. The Morgan fingerprint density at radius 2 is 1.69 bits per heavy atom. The maximum atomic E-state index is 14.8. The van der Waals surface area contributed by atoms with Crippen LogP contribution in [0, 0.1) is 5.41 Å². The van der Waals surface area contributed by atoms with E-state index < -0.39 is 28.0 Å². The number of benzene rings is 3. The van der Waals surface area contributed by atoms with Gasteiger partial charge in [-0.15, -0.1) is 0 Å². The Hall–Kier alpha value is -3.56. The Kier molecular flexibility index (Phi) is 6.71. The Bertz CT molecular complexity index is 1260. The van der Waals surface area contributed by atoms with Gasteiger partial charge in [-0.25, -0.2) is 17.9 Å². The van der Waals surface area contributed by atoms with Gasteiger partial charge < -0.3 is 11.1 Å². The molecule has 0 heterocycles. The van der Waals surface area contributed by atoms with E-state index >= 15 is 0 Å². The number of hydrogen-bond donors (Lipinski definition) is 4. The molecule has 2 atom stereocenters. The number of alkyl halides is 1. The van der Waals surface area contributed by atoms with Crippen LogP contribution in [0.25, 0.3) is 11.1 Å². The molecule has 3 aromatic rings. The summed E-state index contributed by atoms with van der Waals surface area (Å²) in [7, 11) is -3.91. The number of sulfonamides is 1. The van der Waals surface area contributed by atoms with E-state index in [4.69, 9.17) is 16.3 Å². The molecule has 6 N–H and O–H groups in total. The van der Waals surface area contributed by atoms with Crippen LogP contribution in [0.3, 0.4) is 0 Å². The van der Waals surface area contributed by atoms with E-state index in [0.717, 1.165) is 0 Å². The number of nitrogen functional groups attached to an aromatic ring is 1. The lowest BCUT2D eigenvalue weighted by molar-refractivity contribution is -0.121. The van der Waals surface area contributed by atoms with Crippen LogP contribution in [0.15, 0.2) is 77.7 Å². The number of halogens is 1. The van der Waals surface area contributed by atoms with E-state index in [1.807, 2.05) is 0 Å². The van der Waals surface area contributed by atoms with Gasteiger partial charge in [0.2, 0.25) is 10.0 Å². The number of amidine groups is 1. The molecular weight excluding hydrogens is 431 g/mol. The summed E-state index contributed by atoms with van der Waals surface area (Å²) in [6, 6.07) is 19.2. The topological polar surface area (TPSA) is 139 Å². The van der Waals surface area contributed by atoms with Gasteiger partial charge in [-0.05, 0) is 35.4 Å². The first-order valence-electron chi connectivity index (χ1n) is 9.69. The fourth-order valence-corrected chi connectivity index (χ4v) is 4.04. The smallest absolute Gasteiger partial charge is 0.259 e. The quantitative estimate of drug-likeness (QED) is 0.321. The number of carbonyl (C=O) groups excluding carboxylic acids is 1. The summed E-state index contributed by atoms with van der Waals surface area (Å²) in [4.78, 5) is 12.4. The molecule has 7 nitrogen and oxygen atoms in total. The number of primary sulfonamides is 1. The van der Waals surface area contributed by atoms with E-state index in [2.05, 4.69) is 5.32 Å². The molecule has 0 saturated carbocycles. The van der Waals surface area contributed by atoms with Gasteiger partial charge in [0, 0.05) is 22.7 Å². The Morgan fingerprint density at radius 1 is 1.03 bits per heavy atom. The van der Waals surface area contributed by atoms with Crippen molar-refractivity contribution in [1.82, 2.24) is 0 Å². The van der Waals surface area contributed by atoms with Crippen molar-refractivity contribution < 1.29 is 17.6 Å². The highest BCUT2D eigenvalue weighted by molar-refractivity contribution is 7.89. The first-order valence-corrected chi connectivity index (χ1v) is 11.2. The van der Waals surface area contributed by atoms with Crippen LogP contribution >= 0.6 is 0 Å². The average molecular weight is 455 g/mol. The van der Waals surface area contributed by atoms with Gasteiger partial charge in [0.15, 0.2) is 6.17 Å². The molecule has 9 heteroatoms. The lowest BCUT2D eigenvalue weighted by Crippen LogP contribution is -2.28. The van der Waals surface area contributed by atoms with Crippen LogP contribution < -0.4 is 16.2 Å². The average Bonchev–Trinajstić information content (AvgIpc) is 2.78. The molecule has 0 aliphatic rings. The van der Waals surface area contributed by atoms with Crippen molar-refractivity contribution in [1.29, 1.82) is 5.41 Å². The van der Waals surface area contributed by atoms with Crippen LogP contribution in [0.2, 0.25) is 0 Å². The van der Waals surface area contributed by atoms with Crippen molar-refractivity contribution in [3.63, 3.8) is 0 Å². The minimum absolute atomic E-state index is 0.0118. The van der Waals surface area contributed by atoms with E-state index in [0.29, 0.717) is 27.9 Å². The molecule has 1 amide bonds. The van der Waals surface area contributed by atoms with E-state index in [1.165, 1.54) is 6.07 Å². The summed E-state index contributed by atoms with van der Waals surface area (Å²) < 4.78 is 38.5. The van der Waals surface area contributed by atoms with Crippen molar-refractivity contribution in [3.8, 4) is 11.1 Å². The predicted molar refractivity (Wildman–Crippen MR) is 123 cm³/mol. The summed E-state index contributed by atoms with van der Waals surface area (Å²) in [5, 5.41) is 15.3. The SMILES string of the molecule is CC(c1cccc(C(=N)N)c1)C(F)C(=O)Nc1ccc(-c2ccccc2S(N)(=O)=O)cc1. The van der Waals surface area contributed by atoms with Crippen LogP contribution in [0.1, 0.15) is 24.0 Å². The zero-order valence-electron chi connectivity index (χ0n) is 17.2. The van der Waals surface area contributed by atoms with E-state index in [9.17, 15) is 17.6 Å². The fraction of sp³-hybridized carbons (Fsp3) is 0.130. The van der Waals surface area contributed by atoms with Gasteiger partial charge in [0.05, 0.1) is 4.90 Å². The molecule has 32 heavy (non-hydrogen) atoms. The third kappa shape index (κ3) is 5.19. The third-order valence-electron chi connectivity index (χ3n) is 5.07. The molecule has 0 bridgehead atoms. The van der Waals surface area contributed by atoms with Crippen LogP contribution in [-0.2, 0) is 14.8 Å². The molecule has 0 spiro atoms. The van der Waals surface area contributed by atoms with E-state index in [-0.39, 0.29) is 10.7 Å². The monoisotopic (exact) mass is 454 g/mol. The Morgan fingerprint density at radius 3 is 2.31 bits per heavy atom. The zero-order valence-corrected chi connectivity index (χ0v) is 18.1. The highest BCUT2D eigenvalue weighted by Crippen LogP contribution is 2.28. The summed E-state index contributed by atoms with van der Waals surface area (Å²) in [6.07, 6.45) is -1.83. The van der Waals surface area contributed by atoms with Gasteiger partial charge in [-0.1, -0.05) is 55.5 Å². The first-order chi connectivity index (χ1) is 15.1. The number of rotatable bonds is 7. The molecule has 166 valence electrons. The number of amides is 1. The first kappa shape index (κ1) is 23.1. The molecule has 0 radical (unpaired) electrons. The number of nitrogens with two attached hydrogens (primary N) is 2. The van der Waals surface area contributed by atoms with Crippen molar-refractivity contribution in [2.45, 2.75) is 23.9 Å². The van der Waals surface area contributed by atoms with Gasteiger partial charge in [0.25, 0.3) is 5.91 Å². The predicted octanol–water partition coefficient (Wildman–Crippen LogP) is 3.37. The highest BCUT2D eigenvalue weighted by Gasteiger charge is 2.26. The standard InChI is InChI=1S/C23H23FN4O3S/c1-14(16-5-4-6-17(13-16)22(25)26)21(24)23(29)28-18-11-9-15(10-12-18)19-7-2-3-8-20(19)32(27,30)31/h2-14,21H,1H3,(H3,25,26)(H,28,29)(H2,27,30,31). The maximum absolute atomic E-state index is 14.8. The summed E-state index contributed by atoms with van der Waals surface area (Å²) in [5.74, 6) is -1.71. The molecular formula is C23H23FN4O3S. The summed E-state index contributed by atoms with van der Waals surface area (Å²) >= 11 is 0. The second kappa shape index (κ2) is 9.29. The van der Waals surface area contributed by atoms with Gasteiger partial charge in [-0.2, -0.15) is 0 Å². The van der Waals surface area contributed by atoms with Crippen molar-refractivity contribution >= 4 is 27.5 Å². The van der Waals surface area contributed by atoms with Crippen LogP contribution in [0.5, 0.6) is 0 Å². The van der Waals surface area contributed by atoms with Gasteiger partial charge >= 0.3 is 0 Å². The molecule has 3 aromatic carbocycles. The lowest BCUT2D eigenvalue weighted by atomic mass is 9.94. The number of nitrogens with one attached hydrogen (secondary N) is 2. The second-order valence-electron chi connectivity index (χ2n) is 7.34.